The Hall–Kier alpha value is -8.12. The maximum absolute atomic E-state index is 6.27. The largest absolute Gasteiger partial charge is 0.496 e. The molecule has 5 heterocycles. The van der Waals surface area contributed by atoms with E-state index in [9.17, 15) is 0 Å². The predicted molar refractivity (Wildman–Crippen MR) is 308 cm³/mol. The number of benzene rings is 4. The molecule has 80 heavy (non-hydrogen) atoms. The minimum atomic E-state index is 0.0370. The molecule has 2 aliphatic heterocycles. The third kappa shape index (κ3) is 5.76. The van der Waals surface area contributed by atoms with Crippen LogP contribution < -0.4 is 37.9 Å². The zero-order valence-corrected chi connectivity index (χ0v) is 46.4. The molecule has 0 saturated heterocycles. The molecule has 0 saturated carbocycles. The van der Waals surface area contributed by atoms with Crippen molar-refractivity contribution in [1.82, 2.24) is 19.9 Å². The Balaban J connectivity index is 1.02. The number of aromatic nitrogens is 4. The fourth-order valence-corrected chi connectivity index (χ4v) is 18.1. The predicted octanol–water partition coefficient (Wildman–Crippen LogP) is 14.3. The van der Waals surface area contributed by atoms with Gasteiger partial charge in [-0.15, -0.1) is 0 Å². The summed E-state index contributed by atoms with van der Waals surface area (Å²) in [7, 11) is 14.4. The van der Waals surface area contributed by atoms with Gasteiger partial charge in [0.25, 0.3) is 0 Å². The minimum absolute atomic E-state index is 0.0370. The van der Waals surface area contributed by atoms with Crippen LogP contribution in [0, 0.1) is 0 Å². The first-order valence-corrected chi connectivity index (χ1v) is 28.6. The molecule has 12 heteroatoms. The summed E-state index contributed by atoms with van der Waals surface area (Å²) < 4.78 is 50.2. The molecule has 2 N–H and O–H groups in total. The van der Waals surface area contributed by atoms with Crippen LogP contribution in [0.5, 0.6) is 46.0 Å². The molecule has 0 spiro atoms. The summed E-state index contributed by atoms with van der Waals surface area (Å²) in [6.45, 7) is 0. The Kier molecular flexibility index (Phi) is 9.77. The van der Waals surface area contributed by atoms with E-state index in [0.29, 0.717) is 0 Å². The van der Waals surface area contributed by atoms with Gasteiger partial charge in [0.2, 0.25) is 0 Å². The van der Waals surface area contributed by atoms with Crippen molar-refractivity contribution in [3.8, 4) is 46.0 Å². The van der Waals surface area contributed by atoms with Crippen LogP contribution in [0.4, 0.5) is 0 Å². The van der Waals surface area contributed by atoms with Gasteiger partial charge in [-0.3, -0.25) is 0 Å². The van der Waals surface area contributed by atoms with Crippen molar-refractivity contribution >= 4 is 44.4 Å². The molecular weight excluding hydrogens is 1000 g/mol. The van der Waals surface area contributed by atoms with Crippen LogP contribution in [-0.2, 0) is 0 Å². The van der Waals surface area contributed by atoms with Crippen molar-refractivity contribution in [2.75, 3.05) is 56.9 Å². The van der Waals surface area contributed by atoms with Crippen LogP contribution in [0.2, 0.25) is 0 Å². The Morgan fingerprint density at radius 1 is 0.263 bits per heavy atom. The SMILES string of the molecule is COc1ccc(OC)c2c1[C@H]1CC[C@@H]2c2c1c1cc3[nH]c(cc4nc(cc5nc(cc2[nH]1)C1=C5[C@H]2CC[C@@H]1c1c(OC)ccc(OC)c12)C1=C4[C@H]2CC[C@@H]1c1c(OC)ccc(OC)c12)c1c3[C@H]2CC[C@@H]1c1c(OC)ccc(OC)c12. The van der Waals surface area contributed by atoms with Crippen LogP contribution in [-0.4, -0.2) is 76.8 Å². The van der Waals surface area contributed by atoms with Crippen LogP contribution in [0.25, 0.3) is 44.4 Å². The summed E-state index contributed by atoms with van der Waals surface area (Å²) in [5, 5.41) is 0. The second-order valence-corrected chi connectivity index (χ2v) is 23.5. The minimum Gasteiger partial charge on any atom is -0.496 e. The van der Waals surface area contributed by atoms with Crippen molar-refractivity contribution in [2.24, 2.45) is 0 Å². The maximum atomic E-state index is 6.27. The van der Waals surface area contributed by atoms with Crippen molar-refractivity contribution < 1.29 is 37.9 Å². The molecule has 21 rings (SSSR count). The van der Waals surface area contributed by atoms with Gasteiger partial charge in [-0.2, -0.15) is 0 Å². The van der Waals surface area contributed by atoms with Crippen LogP contribution in [0.15, 0.2) is 72.8 Å². The van der Waals surface area contributed by atoms with Crippen LogP contribution in [0.1, 0.15) is 188 Å². The first kappa shape index (κ1) is 46.8. The number of methoxy groups -OCH3 is 8. The maximum Gasteiger partial charge on any atom is 0.123 e. The van der Waals surface area contributed by atoms with E-state index < -0.39 is 0 Å². The molecule has 0 unspecified atom stereocenters. The molecule has 402 valence electrons. The van der Waals surface area contributed by atoms with E-state index in [0.717, 1.165) is 142 Å². The fourth-order valence-electron chi connectivity index (χ4n) is 18.1. The standard InChI is InChI=1S/C68H62N4O8/c1-73-45-17-18-46(74-2)62-30-10-9-29(61(45)62)53-37-25-39-55-31-11-12-33(65-49(77-5)20-19-47(75-3)63(31)65)57(55)41(70-39)27-43-59-35-15-16-36(68-52(80-8)24-23-51(79-7)67(35)68)60(59)44(72-43)28-42-58-34-14-13-32(56(58)40(71-42)26-38(69-37)54(30)53)64-48(76-4)21-22-50(78-6)66(34)64/h17-36,69-70H,9-16H2,1-8H3/t29-,30+,31+,32-,33-,34+,35+,36-. The lowest BCUT2D eigenvalue weighted by Gasteiger charge is -2.41. The molecule has 8 atom stereocenters. The van der Waals surface area contributed by atoms with Crippen molar-refractivity contribution in [3.05, 3.63) is 162 Å². The molecule has 12 nitrogen and oxygen atoms in total. The Morgan fingerprint density at radius 2 is 0.463 bits per heavy atom. The summed E-state index contributed by atoms with van der Waals surface area (Å²) in [6.07, 6.45) is 7.87. The lowest BCUT2D eigenvalue weighted by atomic mass is 9.62. The molecule has 4 aromatic carbocycles. The van der Waals surface area contributed by atoms with E-state index in [1.807, 2.05) is 0 Å². The van der Waals surface area contributed by atoms with Crippen molar-refractivity contribution in [3.63, 3.8) is 0 Å². The second-order valence-electron chi connectivity index (χ2n) is 23.5. The Labute approximate surface area is 464 Å². The van der Waals surface area contributed by atoms with E-state index in [2.05, 4.69) is 82.8 Å². The summed E-state index contributed by atoms with van der Waals surface area (Å²) in [5.74, 6) is 7.62. The Morgan fingerprint density at radius 3 is 0.700 bits per heavy atom. The molecule has 7 aromatic rings. The smallest absolute Gasteiger partial charge is 0.123 e. The van der Waals surface area contributed by atoms with Crippen molar-refractivity contribution in [1.29, 1.82) is 0 Å². The molecule has 16 bridgehead atoms. The average molecular weight is 1060 g/mol. The fraction of sp³-hybridized carbons (Fsp3) is 0.353. The number of H-pyrrole nitrogens is 2. The highest BCUT2D eigenvalue weighted by Gasteiger charge is 2.51. The molecule has 0 amide bonds. The number of nitrogens with zero attached hydrogens (tertiary/aromatic N) is 2. The van der Waals surface area contributed by atoms with Gasteiger partial charge in [-0.05, 0) is 169 Å². The zero-order chi connectivity index (χ0) is 53.7. The number of ether oxygens (including phenoxy) is 8. The highest BCUT2D eigenvalue weighted by molar-refractivity contribution is 6.05. The summed E-state index contributed by atoms with van der Waals surface area (Å²) in [5.41, 5.74) is 28.5. The topological polar surface area (TPSA) is 131 Å². The molecule has 3 aromatic heterocycles. The van der Waals surface area contributed by atoms with Gasteiger partial charge in [0.1, 0.15) is 46.0 Å². The highest BCUT2D eigenvalue weighted by Crippen LogP contribution is 2.68. The zero-order valence-electron chi connectivity index (χ0n) is 46.4. The van der Waals surface area contributed by atoms with E-state index in [1.54, 1.807) is 56.9 Å². The number of hydrogen-bond acceptors (Lipinski definition) is 10. The summed E-state index contributed by atoms with van der Waals surface area (Å²) >= 11 is 0. The van der Waals surface area contributed by atoms with Gasteiger partial charge in [0, 0.05) is 114 Å². The molecular formula is C68H62N4O8. The van der Waals surface area contributed by atoms with Crippen LogP contribution >= 0.6 is 0 Å². The monoisotopic (exact) mass is 1060 g/mol. The molecule has 14 aliphatic rings. The van der Waals surface area contributed by atoms with E-state index in [4.69, 9.17) is 47.9 Å². The van der Waals surface area contributed by atoms with Gasteiger partial charge < -0.3 is 47.9 Å². The Bertz CT molecular complexity index is 3950. The lowest BCUT2D eigenvalue weighted by Crippen LogP contribution is -2.25. The average Bonchev–Trinajstić information content (AvgIpc) is 4.47. The van der Waals surface area contributed by atoms with Gasteiger partial charge in [-0.25, -0.2) is 9.97 Å². The number of fused-ring (bicyclic) bond motifs is 12. The second kappa shape index (κ2) is 16.7. The van der Waals surface area contributed by atoms with Crippen molar-refractivity contribution in [2.45, 2.75) is 98.7 Å². The van der Waals surface area contributed by atoms with Gasteiger partial charge in [0.15, 0.2) is 0 Å². The first-order valence-electron chi connectivity index (χ1n) is 28.6. The third-order valence-electron chi connectivity index (χ3n) is 20.7. The van der Waals surface area contributed by atoms with Gasteiger partial charge in [0.05, 0.1) is 79.7 Å². The quantitative estimate of drug-likeness (QED) is 0.152. The van der Waals surface area contributed by atoms with E-state index in [-0.39, 0.29) is 47.3 Å². The number of allylic oxidation sites excluding steroid dienone is 4. The number of nitrogens with one attached hydrogen (secondary N) is 2. The van der Waals surface area contributed by atoms with E-state index >= 15 is 0 Å². The highest BCUT2D eigenvalue weighted by atomic mass is 16.5. The lowest BCUT2D eigenvalue weighted by molar-refractivity contribution is 0.375. The third-order valence-corrected chi connectivity index (χ3v) is 20.7. The van der Waals surface area contributed by atoms with Crippen LogP contribution in [0.3, 0.4) is 0 Å². The normalized spacial score (nSPS) is 24.0. The number of hydrogen-bond donors (Lipinski definition) is 2. The first-order chi connectivity index (χ1) is 39.3. The molecule has 0 fully saturated rings. The number of rotatable bonds is 8. The van der Waals surface area contributed by atoms with E-state index in [1.165, 1.54) is 89.1 Å². The summed E-state index contributed by atoms with van der Waals surface area (Å²) in [4.78, 5) is 20.2. The molecule has 0 radical (unpaired) electrons. The van der Waals surface area contributed by atoms with Gasteiger partial charge >= 0.3 is 0 Å². The van der Waals surface area contributed by atoms with Gasteiger partial charge in [-0.1, -0.05) is 0 Å². The number of aromatic amines is 2. The molecule has 12 aliphatic carbocycles. The summed E-state index contributed by atoms with van der Waals surface area (Å²) in [6, 6.07) is 26.3.